The van der Waals surface area contributed by atoms with Crippen molar-refractivity contribution in [2.45, 2.75) is 45.8 Å². The van der Waals surface area contributed by atoms with E-state index in [0.29, 0.717) is 0 Å². The summed E-state index contributed by atoms with van der Waals surface area (Å²) in [5.41, 5.74) is 1.06. The van der Waals surface area contributed by atoms with E-state index in [1.165, 1.54) is 5.23 Å². The van der Waals surface area contributed by atoms with Gasteiger partial charge in [0.1, 0.15) is 16.9 Å². The van der Waals surface area contributed by atoms with Gasteiger partial charge >= 0.3 is 0 Å². The van der Waals surface area contributed by atoms with Crippen molar-refractivity contribution in [2.24, 2.45) is 0 Å². The molecule has 1 aliphatic heterocycles. The number of anilines is 1. The Morgan fingerprint density at radius 1 is 1.06 bits per heavy atom. The van der Waals surface area contributed by atoms with E-state index in [2.05, 4.69) is 4.98 Å². The Morgan fingerprint density at radius 2 is 1.62 bits per heavy atom. The van der Waals surface area contributed by atoms with Crippen molar-refractivity contribution in [1.82, 2.24) is 4.98 Å². The van der Waals surface area contributed by atoms with Gasteiger partial charge in [0.15, 0.2) is 0 Å². The second kappa shape index (κ2) is 3.43. The molecule has 1 fully saturated rings. The topological polar surface area (TPSA) is 34.6 Å². The monoisotopic (exact) mass is 222 g/mol. The third kappa shape index (κ3) is 1.79. The fourth-order valence-electron chi connectivity index (χ4n) is 1.33. The van der Waals surface area contributed by atoms with Crippen LogP contribution in [-0.4, -0.2) is 16.2 Å². The van der Waals surface area contributed by atoms with Gasteiger partial charge in [-0.15, -0.1) is 5.23 Å². The number of aryl methyl sites for hydroxylation is 1. The van der Waals surface area contributed by atoms with E-state index < -0.39 is 0 Å². The quantitative estimate of drug-likeness (QED) is 0.731. The van der Waals surface area contributed by atoms with Crippen LogP contribution < -0.4 is 5.23 Å². The molecule has 0 aromatic carbocycles. The average molecular weight is 222 g/mol. The standard InChI is InChI=1S/C12H18N2O2/c1-9-6-7-10(8-13-9)14-15-11(2,3)12(4,5)16-14/h6-8H,1-5H3. The maximum Gasteiger partial charge on any atom is 0.124 e. The van der Waals surface area contributed by atoms with Gasteiger partial charge in [-0.1, -0.05) is 0 Å². The van der Waals surface area contributed by atoms with Crippen molar-refractivity contribution in [3.8, 4) is 0 Å². The van der Waals surface area contributed by atoms with Crippen molar-refractivity contribution < 1.29 is 9.68 Å². The van der Waals surface area contributed by atoms with Crippen LogP contribution in [0.4, 0.5) is 5.69 Å². The number of nitrogens with zero attached hydrogens (tertiary/aromatic N) is 2. The summed E-state index contributed by atoms with van der Waals surface area (Å²) in [6.07, 6.45) is 1.74. The summed E-state index contributed by atoms with van der Waals surface area (Å²) < 4.78 is 0. The van der Waals surface area contributed by atoms with Gasteiger partial charge in [-0.25, -0.2) is 9.68 Å². The number of rotatable bonds is 1. The van der Waals surface area contributed by atoms with Gasteiger partial charge in [0.25, 0.3) is 0 Å². The Morgan fingerprint density at radius 3 is 2.06 bits per heavy atom. The van der Waals surface area contributed by atoms with Gasteiger partial charge in [-0.3, -0.25) is 4.98 Å². The highest BCUT2D eigenvalue weighted by atomic mass is 17.0. The van der Waals surface area contributed by atoms with Crippen molar-refractivity contribution in [3.63, 3.8) is 0 Å². The van der Waals surface area contributed by atoms with Crippen LogP contribution in [0.25, 0.3) is 0 Å². The Balaban J connectivity index is 2.23. The van der Waals surface area contributed by atoms with Gasteiger partial charge in [-0.2, -0.15) is 0 Å². The molecule has 4 nitrogen and oxygen atoms in total. The SMILES string of the molecule is Cc1ccc(N2OC(C)(C)C(C)(C)O2)cn1. The van der Waals surface area contributed by atoms with E-state index in [1.807, 2.05) is 46.8 Å². The number of aromatic nitrogens is 1. The largest absolute Gasteiger partial charge is 0.259 e. The molecule has 88 valence electrons. The molecule has 0 unspecified atom stereocenters. The molecular weight excluding hydrogens is 204 g/mol. The molecule has 0 amide bonds. The lowest BCUT2D eigenvalue weighted by molar-refractivity contribution is -0.0274. The average Bonchev–Trinajstić information content (AvgIpc) is 2.37. The lowest BCUT2D eigenvalue weighted by Crippen LogP contribution is -2.41. The van der Waals surface area contributed by atoms with Crippen LogP contribution in [0.1, 0.15) is 33.4 Å². The smallest absolute Gasteiger partial charge is 0.124 e. The first kappa shape index (κ1) is 11.4. The van der Waals surface area contributed by atoms with Crippen LogP contribution in [0.3, 0.4) is 0 Å². The minimum Gasteiger partial charge on any atom is -0.259 e. The maximum absolute atomic E-state index is 5.76. The minimum atomic E-state index is -0.363. The fourth-order valence-corrected chi connectivity index (χ4v) is 1.33. The molecule has 0 atom stereocenters. The third-order valence-electron chi connectivity index (χ3n) is 3.18. The molecule has 0 spiro atoms. The summed E-state index contributed by atoms with van der Waals surface area (Å²) in [4.78, 5) is 15.7. The van der Waals surface area contributed by atoms with Crippen LogP contribution >= 0.6 is 0 Å². The summed E-state index contributed by atoms with van der Waals surface area (Å²) in [6.45, 7) is 9.98. The molecule has 0 radical (unpaired) electrons. The summed E-state index contributed by atoms with van der Waals surface area (Å²) in [5.74, 6) is 0. The Hall–Kier alpha value is -1.13. The molecule has 0 bridgehead atoms. The zero-order chi connectivity index (χ0) is 12.0. The lowest BCUT2D eigenvalue weighted by atomic mass is 9.90. The second-order valence-corrected chi connectivity index (χ2v) is 5.12. The first-order valence-electron chi connectivity index (χ1n) is 5.43. The van der Waals surface area contributed by atoms with Gasteiger partial charge in [-0.05, 0) is 46.8 Å². The molecule has 4 heteroatoms. The first-order valence-corrected chi connectivity index (χ1v) is 5.43. The lowest BCUT2D eigenvalue weighted by Gasteiger charge is -2.26. The molecule has 2 heterocycles. The van der Waals surface area contributed by atoms with Gasteiger partial charge in [0.2, 0.25) is 0 Å². The predicted molar refractivity (Wildman–Crippen MR) is 61.8 cm³/mol. The molecule has 0 N–H and O–H groups in total. The van der Waals surface area contributed by atoms with Gasteiger partial charge in [0, 0.05) is 5.69 Å². The van der Waals surface area contributed by atoms with Gasteiger partial charge in [0.05, 0.1) is 6.20 Å². The van der Waals surface area contributed by atoms with Crippen LogP contribution in [0.2, 0.25) is 0 Å². The van der Waals surface area contributed by atoms with E-state index in [9.17, 15) is 0 Å². The normalized spacial score (nSPS) is 22.4. The van der Waals surface area contributed by atoms with Crippen LogP contribution in [-0.2, 0) is 9.68 Å². The summed E-state index contributed by atoms with van der Waals surface area (Å²) in [5, 5.41) is 1.45. The maximum atomic E-state index is 5.76. The predicted octanol–water partition coefficient (Wildman–Crippen LogP) is 2.63. The number of hydrogen-bond donors (Lipinski definition) is 0. The highest BCUT2D eigenvalue weighted by Crippen LogP contribution is 2.39. The number of pyridine rings is 1. The molecule has 1 aromatic rings. The molecular formula is C12H18N2O2. The molecule has 2 rings (SSSR count). The number of hydrogen-bond acceptors (Lipinski definition) is 4. The van der Waals surface area contributed by atoms with Gasteiger partial charge < -0.3 is 0 Å². The minimum absolute atomic E-state index is 0.363. The fraction of sp³-hybridized carbons (Fsp3) is 0.583. The molecule has 1 aromatic heterocycles. The van der Waals surface area contributed by atoms with Crippen LogP contribution in [0, 0.1) is 6.92 Å². The van der Waals surface area contributed by atoms with Crippen molar-refractivity contribution in [2.75, 3.05) is 5.23 Å². The Kier molecular flexibility index (Phi) is 2.44. The zero-order valence-electron chi connectivity index (χ0n) is 10.4. The van der Waals surface area contributed by atoms with E-state index in [4.69, 9.17) is 9.68 Å². The first-order chi connectivity index (χ1) is 7.32. The van der Waals surface area contributed by atoms with E-state index >= 15 is 0 Å². The second-order valence-electron chi connectivity index (χ2n) is 5.12. The third-order valence-corrected chi connectivity index (χ3v) is 3.18. The molecule has 0 saturated carbocycles. The molecule has 16 heavy (non-hydrogen) atoms. The zero-order valence-corrected chi connectivity index (χ0v) is 10.4. The van der Waals surface area contributed by atoms with Crippen LogP contribution in [0.5, 0.6) is 0 Å². The molecule has 0 aliphatic carbocycles. The van der Waals surface area contributed by atoms with Crippen molar-refractivity contribution in [1.29, 1.82) is 0 Å². The van der Waals surface area contributed by atoms with E-state index in [0.717, 1.165) is 11.4 Å². The molecule has 1 aliphatic rings. The highest BCUT2D eigenvalue weighted by Gasteiger charge is 2.50. The van der Waals surface area contributed by atoms with Crippen molar-refractivity contribution in [3.05, 3.63) is 24.0 Å². The Bertz CT molecular complexity index is 369. The summed E-state index contributed by atoms with van der Waals surface area (Å²) in [7, 11) is 0. The summed E-state index contributed by atoms with van der Waals surface area (Å²) in [6, 6.07) is 3.86. The Labute approximate surface area is 96.1 Å². The molecule has 1 saturated heterocycles. The van der Waals surface area contributed by atoms with E-state index in [-0.39, 0.29) is 11.2 Å². The highest BCUT2D eigenvalue weighted by molar-refractivity contribution is 5.40. The van der Waals surface area contributed by atoms with Crippen LogP contribution in [0.15, 0.2) is 18.3 Å². The van der Waals surface area contributed by atoms with E-state index in [1.54, 1.807) is 6.20 Å². The summed E-state index contributed by atoms with van der Waals surface area (Å²) >= 11 is 0. The van der Waals surface area contributed by atoms with Crippen molar-refractivity contribution >= 4 is 5.69 Å².